The summed E-state index contributed by atoms with van der Waals surface area (Å²) < 4.78 is 33.5. The zero-order valence-electron chi connectivity index (χ0n) is 8.23. The van der Waals surface area contributed by atoms with Crippen LogP contribution in [0.15, 0.2) is 18.2 Å². The molecule has 0 atom stereocenters. The van der Waals surface area contributed by atoms with Gasteiger partial charge in [0.15, 0.2) is 5.65 Å². The molecule has 2 rings (SSSR count). The molecule has 4 N–H and O–H groups in total. The lowest BCUT2D eigenvalue weighted by molar-refractivity contribution is 0.381. The normalized spacial score (nSPS) is 11.6. The zero-order valence-corrected chi connectivity index (χ0v) is 9.05. The van der Waals surface area contributed by atoms with Gasteiger partial charge in [-0.05, 0) is 12.1 Å². The van der Waals surface area contributed by atoms with E-state index in [-0.39, 0.29) is 17.2 Å². The fourth-order valence-electron chi connectivity index (χ4n) is 1.20. The van der Waals surface area contributed by atoms with Crippen LogP contribution < -0.4 is 9.92 Å². The van der Waals surface area contributed by atoms with Gasteiger partial charge in [0.2, 0.25) is 11.8 Å². The van der Waals surface area contributed by atoms with Crippen LogP contribution in [0.25, 0.3) is 11.0 Å². The van der Waals surface area contributed by atoms with Crippen LogP contribution in [0.2, 0.25) is 0 Å². The summed E-state index contributed by atoms with van der Waals surface area (Å²) >= 11 is 0. The number of nitrogens with two attached hydrogens (primary N) is 1. The molecule has 2 aromatic rings. The molecule has 9 heteroatoms. The molecule has 8 nitrogen and oxygen atoms in total. The van der Waals surface area contributed by atoms with Crippen LogP contribution in [0.4, 0.5) is 5.69 Å². The molecule has 0 radical (unpaired) electrons. The molecule has 2 aromatic heterocycles. The summed E-state index contributed by atoms with van der Waals surface area (Å²) in [5.41, 5.74) is 5.53. The average Bonchev–Trinajstić information content (AvgIpc) is 2.18. The minimum Gasteiger partial charge on any atom is -0.492 e. The monoisotopic (exact) mass is 257 g/mol. The molecule has 0 unspecified atom stereocenters. The van der Waals surface area contributed by atoms with Crippen molar-refractivity contribution in [2.75, 3.05) is 5.73 Å². The van der Waals surface area contributed by atoms with E-state index in [0.29, 0.717) is 5.39 Å². The van der Waals surface area contributed by atoms with E-state index in [4.69, 9.17) is 10.3 Å². The first-order chi connectivity index (χ1) is 7.85. The summed E-state index contributed by atoms with van der Waals surface area (Å²) in [6, 6.07) is 4.07. The lowest BCUT2D eigenvalue weighted by Crippen LogP contribution is -2.07. The molecule has 0 aliphatic carbocycles. The fraction of sp³-hybridized carbons (Fsp3) is 0. The second-order valence-corrected chi connectivity index (χ2v) is 4.13. The Morgan fingerprint density at radius 1 is 1.29 bits per heavy atom. The average molecular weight is 257 g/mol. The molecular weight excluding hydrogens is 250 g/mol. The zero-order chi connectivity index (χ0) is 12.6. The Bertz CT molecular complexity index is 685. The van der Waals surface area contributed by atoms with E-state index in [1.54, 1.807) is 0 Å². The van der Waals surface area contributed by atoms with Gasteiger partial charge in [0.1, 0.15) is 0 Å². The highest BCUT2D eigenvalue weighted by molar-refractivity contribution is 7.81. The number of rotatable bonds is 2. The van der Waals surface area contributed by atoms with Gasteiger partial charge >= 0.3 is 10.4 Å². The van der Waals surface area contributed by atoms with E-state index >= 15 is 0 Å². The summed E-state index contributed by atoms with van der Waals surface area (Å²) in [6.07, 6.45) is 0. The molecule has 90 valence electrons. The molecule has 0 saturated carbocycles. The lowest BCUT2D eigenvalue weighted by atomic mass is 10.2. The second kappa shape index (κ2) is 3.71. The third kappa shape index (κ3) is 2.52. The Morgan fingerprint density at radius 2 is 2.00 bits per heavy atom. The molecule has 0 amide bonds. The van der Waals surface area contributed by atoms with E-state index in [9.17, 15) is 13.5 Å². The molecule has 0 fully saturated rings. The van der Waals surface area contributed by atoms with Crippen LogP contribution in [-0.2, 0) is 10.4 Å². The Labute approximate surface area is 95.6 Å². The van der Waals surface area contributed by atoms with Gasteiger partial charge in [0, 0.05) is 11.5 Å². The summed E-state index contributed by atoms with van der Waals surface area (Å²) in [5.74, 6) is -0.786. The number of nitrogen functional groups attached to an aromatic ring is 1. The molecule has 0 spiro atoms. The smallest absolute Gasteiger partial charge is 0.447 e. The third-order valence-corrected chi connectivity index (χ3v) is 2.23. The van der Waals surface area contributed by atoms with Gasteiger partial charge in [-0.1, -0.05) is 0 Å². The molecule has 0 aromatic carbocycles. The first-order valence-corrected chi connectivity index (χ1v) is 5.65. The van der Waals surface area contributed by atoms with Gasteiger partial charge in [-0.25, -0.2) is 0 Å². The van der Waals surface area contributed by atoms with Crippen molar-refractivity contribution in [2.45, 2.75) is 0 Å². The quantitative estimate of drug-likeness (QED) is 0.644. The standard InChI is InChI=1S/C8H7N3O5S/c9-5-3-4-1-2-6(16-17(13,14)15)10-7(4)11-8(5)12/h1-3H,9H2,(H,10,11,12)(H,13,14,15). The van der Waals surface area contributed by atoms with E-state index in [1.807, 2.05) is 0 Å². The number of aromatic nitrogens is 2. The summed E-state index contributed by atoms with van der Waals surface area (Å²) in [6.45, 7) is 0. The van der Waals surface area contributed by atoms with Gasteiger partial charge in [0.05, 0.1) is 5.69 Å². The van der Waals surface area contributed by atoms with Crippen LogP contribution >= 0.6 is 0 Å². The largest absolute Gasteiger partial charge is 0.492 e. The van der Waals surface area contributed by atoms with E-state index < -0.39 is 16.3 Å². The lowest BCUT2D eigenvalue weighted by Gasteiger charge is -2.03. The fourth-order valence-corrected chi connectivity index (χ4v) is 1.50. The van der Waals surface area contributed by atoms with E-state index in [0.717, 1.165) is 0 Å². The maximum Gasteiger partial charge on any atom is 0.447 e. The second-order valence-electron chi connectivity index (χ2n) is 3.11. The van der Waals surface area contributed by atoms with E-state index in [2.05, 4.69) is 14.2 Å². The number of pyridine rings is 2. The van der Waals surface area contributed by atoms with Crippen LogP contribution in [0.3, 0.4) is 0 Å². The first kappa shape index (κ1) is 11.4. The predicted molar refractivity (Wildman–Crippen MR) is 57.8 cm³/mol. The molecule has 2 heterocycles. The minimum absolute atomic E-state index is 0.0397. The SMILES string of the molecule is Nc1cc2ccc(OS(=O)(=O)O)nc2nc1O. The van der Waals surface area contributed by atoms with Crippen molar-refractivity contribution in [3.8, 4) is 11.8 Å². The van der Waals surface area contributed by atoms with Gasteiger partial charge in [-0.15, -0.1) is 0 Å². The predicted octanol–water partition coefficient (Wildman–Crippen LogP) is 0.0992. The third-order valence-electron chi connectivity index (χ3n) is 1.85. The highest BCUT2D eigenvalue weighted by atomic mass is 32.3. The number of hydrogen-bond donors (Lipinski definition) is 3. The first-order valence-electron chi connectivity index (χ1n) is 4.28. The minimum atomic E-state index is -4.64. The summed E-state index contributed by atoms with van der Waals surface area (Å²) in [5, 5.41) is 9.75. The van der Waals surface area contributed by atoms with E-state index in [1.165, 1.54) is 18.2 Å². The number of anilines is 1. The molecule has 17 heavy (non-hydrogen) atoms. The Morgan fingerprint density at radius 3 is 2.65 bits per heavy atom. The topological polar surface area (TPSA) is 136 Å². The summed E-state index contributed by atoms with van der Waals surface area (Å²) in [4.78, 5) is 7.30. The van der Waals surface area contributed by atoms with Crippen LogP contribution in [0, 0.1) is 0 Å². The number of nitrogens with zero attached hydrogens (tertiary/aromatic N) is 2. The van der Waals surface area contributed by atoms with Gasteiger partial charge < -0.3 is 15.0 Å². The highest BCUT2D eigenvalue weighted by Crippen LogP contribution is 2.23. The molecular formula is C8H7N3O5S. The highest BCUT2D eigenvalue weighted by Gasteiger charge is 2.10. The van der Waals surface area contributed by atoms with Crippen LogP contribution in [-0.4, -0.2) is 28.0 Å². The van der Waals surface area contributed by atoms with Gasteiger partial charge in [-0.3, -0.25) is 4.55 Å². The van der Waals surface area contributed by atoms with Crippen molar-refractivity contribution in [1.29, 1.82) is 0 Å². The Balaban J connectivity index is 2.54. The Kier molecular flexibility index (Phi) is 2.48. The molecule has 0 bridgehead atoms. The van der Waals surface area contributed by atoms with Crippen molar-refractivity contribution in [2.24, 2.45) is 0 Å². The molecule has 0 aliphatic heterocycles. The number of fused-ring (bicyclic) bond motifs is 1. The summed E-state index contributed by atoms with van der Waals surface area (Å²) in [7, 11) is -4.64. The van der Waals surface area contributed by atoms with Crippen molar-refractivity contribution < 1.29 is 22.3 Å². The Hall–Kier alpha value is -2.13. The van der Waals surface area contributed by atoms with Gasteiger partial charge in [-0.2, -0.15) is 18.4 Å². The maximum atomic E-state index is 10.5. The van der Waals surface area contributed by atoms with Crippen molar-refractivity contribution in [3.05, 3.63) is 18.2 Å². The maximum absolute atomic E-state index is 10.5. The van der Waals surface area contributed by atoms with Crippen molar-refractivity contribution in [1.82, 2.24) is 9.97 Å². The number of aromatic hydroxyl groups is 1. The van der Waals surface area contributed by atoms with Gasteiger partial charge in [0.25, 0.3) is 0 Å². The number of hydrogen-bond acceptors (Lipinski definition) is 7. The van der Waals surface area contributed by atoms with Crippen molar-refractivity contribution in [3.63, 3.8) is 0 Å². The van der Waals surface area contributed by atoms with Crippen LogP contribution in [0.1, 0.15) is 0 Å². The van der Waals surface area contributed by atoms with Crippen LogP contribution in [0.5, 0.6) is 11.8 Å². The molecule has 0 saturated heterocycles. The molecule has 0 aliphatic rings. The van der Waals surface area contributed by atoms with Crippen molar-refractivity contribution >= 4 is 27.1 Å².